The smallest absolute Gasteiger partial charge is 0.248 e. The van der Waals surface area contributed by atoms with Crippen molar-refractivity contribution in [2.45, 2.75) is 42.4 Å². The highest BCUT2D eigenvalue weighted by Crippen LogP contribution is 2.32. The summed E-state index contributed by atoms with van der Waals surface area (Å²) in [7, 11) is 0. The van der Waals surface area contributed by atoms with Crippen molar-refractivity contribution in [3.8, 4) is 0 Å². The maximum atomic E-state index is 11.5. The Bertz CT molecular complexity index is 362. The molecule has 1 unspecified atom stereocenters. The Labute approximate surface area is 117 Å². The van der Waals surface area contributed by atoms with E-state index in [9.17, 15) is 24.9 Å². The van der Waals surface area contributed by atoms with Gasteiger partial charge in [-0.2, -0.15) is 0 Å². The number of ether oxygens (including phenoxy) is 1. The van der Waals surface area contributed by atoms with Crippen molar-refractivity contribution in [2.75, 3.05) is 6.61 Å². The van der Waals surface area contributed by atoms with Gasteiger partial charge in [0.05, 0.1) is 13.0 Å². The molecular formula is C10H16BrNO7. The lowest BCUT2D eigenvalue weighted by Gasteiger charge is -2.44. The topological polar surface area (TPSA) is 136 Å². The highest BCUT2D eigenvalue weighted by Gasteiger charge is 2.52. The quantitative estimate of drug-likeness (QED) is 0.284. The molecule has 0 aliphatic carbocycles. The van der Waals surface area contributed by atoms with Crippen LogP contribution in [-0.2, 0) is 14.3 Å². The molecule has 0 spiro atoms. The second kappa shape index (κ2) is 6.25. The molecule has 8 nitrogen and oxygen atoms in total. The number of hydrogen-bond donors (Lipinski definition) is 5. The van der Waals surface area contributed by atoms with Crippen molar-refractivity contribution in [3.63, 3.8) is 0 Å². The molecule has 0 aromatic rings. The van der Waals surface area contributed by atoms with E-state index in [0.717, 1.165) is 0 Å². The van der Waals surface area contributed by atoms with Gasteiger partial charge in [0.2, 0.25) is 10.6 Å². The van der Waals surface area contributed by atoms with Gasteiger partial charge in [-0.1, -0.05) is 0 Å². The van der Waals surface area contributed by atoms with Crippen LogP contribution < -0.4 is 5.32 Å². The first-order valence-corrected chi connectivity index (χ1v) is 6.33. The van der Waals surface area contributed by atoms with Crippen molar-refractivity contribution in [3.05, 3.63) is 0 Å². The van der Waals surface area contributed by atoms with Crippen LogP contribution in [0.25, 0.3) is 0 Å². The molecule has 1 aliphatic rings. The number of Topliss-reactive ketones (excluding diaryl/α,β-unsaturated/α-hetero) is 1. The van der Waals surface area contributed by atoms with Gasteiger partial charge in [0, 0.05) is 0 Å². The largest absolute Gasteiger partial charge is 0.394 e. The number of carbonyl (C=O) groups is 2. The number of amides is 1. The van der Waals surface area contributed by atoms with E-state index < -0.39 is 53.8 Å². The minimum atomic E-state index is -2.16. The SMILES string of the molecule is CC(=O)CC(=O)N[C@@H]1[C@@H](O)[C@@H](O)[C@@H](CO)OC1(O)Br. The van der Waals surface area contributed by atoms with Gasteiger partial charge < -0.3 is 30.5 Å². The van der Waals surface area contributed by atoms with Crippen LogP contribution in [0.4, 0.5) is 0 Å². The van der Waals surface area contributed by atoms with E-state index in [-0.39, 0.29) is 0 Å². The summed E-state index contributed by atoms with van der Waals surface area (Å²) in [5.74, 6) is -1.12. The number of ketones is 1. The van der Waals surface area contributed by atoms with Crippen LogP contribution in [-0.4, -0.2) is 67.8 Å². The minimum absolute atomic E-state index is 0.393. The first-order valence-electron chi connectivity index (χ1n) is 5.54. The maximum absolute atomic E-state index is 11.5. The predicted octanol–water partition coefficient (Wildman–Crippen LogP) is -2.40. The average molecular weight is 342 g/mol. The minimum Gasteiger partial charge on any atom is -0.394 e. The monoisotopic (exact) mass is 341 g/mol. The molecule has 0 saturated carbocycles. The first kappa shape index (κ1) is 16.5. The summed E-state index contributed by atoms with van der Waals surface area (Å²) in [6, 6.07) is -1.39. The van der Waals surface area contributed by atoms with E-state index in [0.29, 0.717) is 0 Å². The van der Waals surface area contributed by atoms with E-state index in [1.54, 1.807) is 0 Å². The van der Waals surface area contributed by atoms with Gasteiger partial charge in [0.25, 0.3) is 0 Å². The predicted molar refractivity (Wildman–Crippen MR) is 65.1 cm³/mol. The summed E-state index contributed by atoms with van der Waals surface area (Å²) >= 11 is 2.75. The molecule has 110 valence electrons. The number of aliphatic hydroxyl groups is 4. The summed E-state index contributed by atoms with van der Waals surface area (Å²) in [4.78, 5) is 22.2. The van der Waals surface area contributed by atoms with Crippen molar-refractivity contribution >= 4 is 27.6 Å². The van der Waals surface area contributed by atoms with Crippen LogP contribution in [0.15, 0.2) is 0 Å². The van der Waals surface area contributed by atoms with Crippen molar-refractivity contribution in [1.29, 1.82) is 0 Å². The number of carbonyl (C=O) groups excluding carboxylic acids is 2. The van der Waals surface area contributed by atoms with Crippen molar-refractivity contribution in [1.82, 2.24) is 5.32 Å². The zero-order chi connectivity index (χ0) is 14.8. The second-order valence-electron chi connectivity index (χ2n) is 4.35. The Balaban J connectivity index is 2.80. The fourth-order valence-corrected chi connectivity index (χ4v) is 2.38. The summed E-state index contributed by atoms with van der Waals surface area (Å²) in [6.45, 7) is 0.588. The lowest BCUT2D eigenvalue weighted by Crippen LogP contribution is -2.68. The molecule has 1 heterocycles. The second-order valence-corrected chi connectivity index (χ2v) is 5.49. The molecule has 1 saturated heterocycles. The Morgan fingerprint density at radius 2 is 1.95 bits per heavy atom. The fraction of sp³-hybridized carbons (Fsp3) is 0.800. The molecule has 0 aromatic carbocycles. The van der Waals surface area contributed by atoms with E-state index >= 15 is 0 Å². The van der Waals surface area contributed by atoms with Crippen LogP contribution in [0.3, 0.4) is 0 Å². The van der Waals surface area contributed by atoms with Crippen LogP contribution in [0.5, 0.6) is 0 Å². The number of rotatable bonds is 4. The molecule has 0 aromatic heterocycles. The van der Waals surface area contributed by atoms with Gasteiger partial charge >= 0.3 is 0 Å². The van der Waals surface area contributed by atoms with Crippen LogP contribution >= 0.6 is 15.9 Å². The molecule has 1 rings (SSSR count). The van der Waals surface area contributed by atoms with Gasteiger partial charge in [0.15, 0.2) is 0 Å². The summed E-state index contributed by atoms with van der Waals surface area (Å²) in [6.07, 6.45) is -4.71. The van der Waals surface area contributed by atoms with Crippen LogP contribution in [0.2, 0.25) is 0 Å². The van der Waals surface area contributed by atoms with Crippen molar-refractivity contribution in [2.24, 2.45) is 0 Å². The van der Waals surface area contributed by atoms with Crippen LogP contribution in [0, 0.1) is 0 Å². The molecule has 9 heteroatoms. The third kappa shape index (κ3) is 3.94. The van der Waals surface area contributed by atoms with Gasteiger partial charge in [-0.25, -0.2) is 0 Å². The van der Waals surface area contributed by atoms with Crippen molar-refractivity contribution < 1.29 is 34.8 Å². The number of halogens is 1. The molecule has 19 heavy (non-hydrogen) atoms. The normalized spacial score (nSPS) is 38.8. The lowest BCUT2D eigenvalue weighted by atomic mass is 9.97. The van der Waals surface area contributed by atoms with Gasteiger partial charge in [0.1, 0.15) is 30.1 Å². The summed E-state index contributed by atoms with van der Waals surface area (Å²) < 4.78 is 2.78. The average Bonchev–Trinajstić information content (AvgIpc) is 2.28. The number of nitrogens with one attached hydrogen (secondary N) is 1. The Morgan fingerprint density at radius 3 is 2.42 bits per heavy atom. The first-order chi connectivity index (χ1) is 8.69. The molecule has 5 atom stereocenters. The highest BCUT2D eigenvalue weighted by atomic mass is 79.9. The summed E-state index contributed by atoms with van der Waals surface area (Å²) in [5.41, 5.74) is 0. The van der Waals surface area contributed by atoms with E-state index in [2.05, 4.69) is 21.2 Å². The third-order valence-electron chi connectivity index (χ3n) is 2.68. The fourth-order valence-electron chi connectivity index (χ4n) is 1.75. The third-order valence-corrected chi connectivity index (χ3v) is 3.36. The molecular weight excluding hydrogens is 326 g/mol. The molecule has 1 aliphatic heterocycles. The maximum Gasteiger partial charge on any atom is 0.248 e. The Hall–Kier alpha value is -0.580. The summed E-state index contributed by atoms with van der Waals surface area (Å²) in [5, 5.41) is 40.5. The molecule has 5 N–H and O–H groups in total. The standard InChI is InChI=1S/C10H16BrNO7/c1-4(14)2-6(15)12-9-8(17)7(16)5(3-13)19-10(9,11)18/h5,7-9,13,16-18H,2-3H2,1H3,(H,12,15)/t5-,7+,8+,9-,10?/m1/s1. The molecule has 0 radical (unpaired) electrons. The molecule has 1 fully saturated rings. The number of alkyl halides is 1. The van der Waals surface area contributed by atoms with E-state index in [1.807, 2.05) is 0 Å². The highest BCUT2D eigenvalue weighted by molar-refractivity contribution is 9.10. The van der Waals surface area contributed by atoms with Crippen LogP contribution in [0.1, 0.15) is 13.3 Å². The van der Waals surface area contributed by atoms with Gasteiger partial charge in [-0.3, -0.25) is 9.59 Å². The van der Waals surface area contributed by atoms with Gasteiger partial charge in [-0.05, 0) is 22.9 Å². The Morgan fingerprint density at radius 1 is 1.37 bits per heavy atom. The van der Waals surface area contributed by atoms with E-state index in [1.165, 1.54) is 6.92 Å². The van der Waals surface area contributed by atoms with Gasteiger partial charge in [-0.15, -0.1) is 0 Å². The molecule has 1 amide bonds. The Kier molecular flexibility index (Phi) is 5.42. The number of hydrogen-bond acceptors (Lipinski definition) is 7. The zero-order valence-electron chi connectivity index (χ0n) is 10.1. The lowest BCUT2D eigenvalue weighted by molar-refractivity contribution is -0.269. The zero-order valence-corrected chi connectivity index (χ0v) is 11.7. The molecule has 0 bridgehead atoms. The van der Waals surface area contributed by atoms with E-state index in [4.69, 9.17) is 9.84 Å². The number of aliphatic hydroxyl groups excluding tert-OH is 3.